The number of rotatable bonds is 7. The molecule has 0 bridgehead atoms. The molecule has 0 aliphatic heterocycles. The van der Waals surface area contributed by atoms with Gasteiger partial charge in [0.1, 0.15) is 0 Å². The normalized spacial score (nSPS) is 12.1. The predicted molar refractivity (Wildman–Crippen MR) is 273 cm³/mol. The zero-order chi connectivity index (χ0) is 42.2. The van der Waals surface area contributed by atoms with Gasteiger partial charge < -0.3 is 13.7 Å². The molecule has 0 spiro atoms. The Morgan fingerprint density at radius 1 is 0.250 bits per heavy atom. The Morgan fingerprint density at radius 3 is 1.17 bits per heavy atom. The van der Waals surface area contributed by atoms with Crippen LogP contribution in [0.3, 0.4) is 0 Å². The largest absolute Gasteiger partial charge is 0.309 e. The fourth-order valence-corrected chi connectivity index (χ4v) is 16.0. The van der Waals surface area contributed by atoms with Crippen LogP contribution >= 0.6 is 0 Å². The van der Waals surface area contributed by atoms with Crippen LogP contribution in [-0.4, -0.2) is 21.8 Å². The molecule has 10 aromatic carbocycles. The highest BCUT2D eigenvalue weighted by Crippen LogP contribution is 2.43. The second kappa shape index (κ2) is 14.5. The summed E-state index contributed by atoms with van der Waals surface area (Å²) < 4.78 is 7.57. The average molecular weight is 832 g/mol. The van der Waals surface area contributed by atoms with Gasteiger partial charge in [-0.25, -0.2) is 0 Å². The third-order valence-corrected chi connectivity index (χ3v) is 18.4. The van der Waals surface area contributed by atoms with Crippen molar-refractivity contribution in [2.24, 2.45) is 0 Å². The third kappa shape index (κ3) is 5.15. The van der Waals surface area contributed by atoms with Crippen molar-refractivity contribution < 1.29 is 0 Å². The maximum Gasteiger partial charge on any atom is 0.181 e. The summed E-state index contributed by atoms with van der Waals surface area (Å²) in [6.07, 6.45) is 0. The molecule has 3 heterocycles. The third-order valence-electron chi connectivity index (χ3n) is 13.6. The van der Waals surface area contributed by atoms with Crippen LogP contribution in [0.4, 0.5) is 0 Å². The number of hydrogen-bond donors (Lipinski definition) is 0. The van der Waals surface area contributed by atoms with Crippen molar-refractivity contribution in [3.05, 3.63) is 249 Å². The smallest absolute Gasteiger partial charge is 0.181 e. The van der Waals surface area contributed by atoms with Crippen LogP contribution in [0.1, 0.15) is 0 Å². The fraction of sp³-hybridized carbons (Fsp3) is 0. The van der Waals surface area contributed by atoms with Crippen LogP contribution in [0.5, 0.6) is 0 Å². The molecule has 0 N–H and O–H groups in total. The van der Waals surface area contributed by atoms with Gasteiger partial charge in [-0.3, -0.25) is 0 Å². The quantitative estimate of drug-likeness (QED) is 0.112. The Labute approximate surface area is 372 Å². The molecule has 3 aromatic heterocycles. The van der Waals surface area contributed by atoms with Crippen molar-refractivity contribution in [2.75, 3.05) is 0 Å². The summed E-state index contributed by atoms with van der Waals surface area (Å²) in [7, 11) is -3.06. The summed E-state index contributed by atoms with van der Waals surface area (Å²) in [5, 5.41) is 12.8. The maximum atomic E-state index is 2.64. The Hall–Kier alpha value is -8.18. The second-order valence-electron chi connectivity index (χ2n) is 16.8. The molecule has 13 rings (SSSR count). The highest BCUT2D eigenvalue weighted by atomic mass is 28.3. The molecule has 0 radical (unpaired) electrons. The lowest BCUT2D eigenvalue weighted by Crippen LogP contribution is -2.75. The lowest BCUT2D eigenvalue weighted by molar-refractivity contribution is 1.17. The number of hydrogen-bond acceptors (Lipinski definition) is 0. The Morgan fingerprint density at radius 2 is 0.625 bits per heavy atom. The molecule has 64 heavy (non-hydrogen) atoms. The van der Waals surface area contributed by atoms with E-state index in [-0.39, 0.29) is 0 Å². The SMILES string of the molecule is c1ccc(-n2c3ccccc3c3c(-n4c5cccc(-n6c7ccccc7c7ccccc76)c5c5cccc([Si](c6ccccc6)(c6ccccc6)c6ccccc6)c54)cccc32)cc1. The summed E-state index contributed by atoms with van der Waals surface area (Å²) in [4.78, 5) is 0. The lowest BCUT2D eigenvalue weighted by Gasteiger charge is -2.35. The molecule has 0 aliphatic carbocycles. The number of fused-ring (bicyclic) bond motifs is 9. The molecule has 3 nitrogen and oxygen atoms in total. The van der Waals surface area contributed by atoms with E-state index in [0.29, 0.717) is 0 Å². The summed E-state index contributed by atoms with van der Waals surface area (Å²) in [6, 6.07) is 92.4. The van der Waals surface area contributed by atoms with Gasteiger partial charge in [0.25, 0.3) is 0 Å². The van der Waals surface area contributed by atoms with Gasteiger partial charge in [0.05, 0.1) is 44.5 Å². The van der Waals surface area contributed by atoms with Gasteiger partial charge in [-0.2, -0.15) is 0 Å². The van der Waals surface area contributed by atoms with E-state index in [2.05, 4.69) is 262 Å². The molecule has 0 fully saturated rings. The zero-order valence-electron chi connectivity index (χ0n) is 35.0. The highest BCUT2D eigenvalue weighted by Gasteiger charge is 2.43. The van der Waals surface area contributed by atoms with E-state index in [1.54, 1.807) is 0 Å². The van der Waals surface area contributed by atoms with E-state index in [0.717, 1.165) is 11.4 Å². The first-order valence-corrected chi connectivity index (χ1v) is 24.1. The molecule has 0 aliphatic rings. The van der Waals surface area contributed by atoms with Crippen molar-refractivity contribution in [3.8, 4) is 17.1 Å². The fourth-order valence-electron chi connectivity index (χ4n) is 11.1. The topological polar surface area (TPSA) is 14.8 Å². The first-order chi connectivity index (χ1) is 31.8. The number of aromatic nitrogens is 3. The van der Waals surface area contributed by atoms with E-state index >= 15 is 0 Å². The van der Waals surface area contributed by atoms with E-state index in [1.807, 2.05) is 0 Å². The molecule has 0 atom stereocenters. The first-order valence-electron chi connectivity index (χ1n) is 22.1. The minimum Gasteiger partial charge on any atom is -0.309 e. The molecule has 0 amide bonds. The van der Waals surface area contributed by atoms with E-state index in [9.17, 15) is 0 Å². The minimum absolute atomic E-state index is 1.14. The monoisotopic (exact) mass is 831 g/mol. The second-order valence-corrected chi connectivity index (χ2v) is 20.6. The summed E-state index contributed by atoms with van der Waals surface area (Å²) in [5.74, 6) is 0. The van der Waals surface area contributed by atoms with Crippen molar-refractivity contribution in [3.63, 3.8) is 0 Å². The van der Waals surface area contributed by atoms with Gasteiger partial charge in [-0.15, -0.1) is 0 Å². The maximum absolute atomic E-state index is 3.06. The standard InChI is InChI=1S/C60H41N3Si/c1-5-22-42(23-6-1)61-52-36-18-15-32-48(52)58-53(61)37-20-39-55(58)63-56-40-21-38-54(62-50-34-16-13-30-46(50)47-31-14-17-35-51(47)62)59(56)49-33-19-41-57(60(49)63)64(43-24-7-2-8-25-43,44-26-9-3-10-27-44)45-28-11-4-12-29-45/h1-41H. The molecule has 300 valence electrons. The summed E-state index contributed by atoms with van der Waals surface area (Å²) in [5.41, 5.74) is 10.6. The van der Waals surface area contributed by atoms with Crippen molar-refractivity contribution in [1.29, 1.82) is 0 Å². The molecule has 0 saturated heterocycles. The van der Waals surface area contributed by atoms with Crippen molar-refractivity contribution in [2.45, 2.75) is 0 Å². The summed E-state index contributed by atoms with van der Waals surface area (Å²) in [6.45, 7) is 0. The Bertz CT molecular complexity index is 3730. The Kier molecular flexibility index (Phi) is 8.23. The van der Waals surface area contributed by atoms with Crippen LogP contribution in [0.15, 0.2) is 249 Å². The molecule has 0 unspecified atom stereocenters. The predicted octanol–water partition coefficient (Wildman–Crippen LogP) is 12.4. The van der Waals surface area contributed by atoms with Crippen LogP contribution in [0.25, 0.3) is 82.5 Å². The van der Waals surface area contributed by atoms with Gasteiger partial charge in [-0.05, 0) is 75.3 Å². The Balaban J connectivity index is 1.27. The number of benzene rings is 10. The molecule has 0 saturated carbocycles. The van der Waals surface area contributed by atoms with Crippen LogP contribution in [0, 0.1) is 0 Å². The van der Waals surface area contributed by atoms with Crippen LogP contribution < -0.4 is 20.7 Å². The number of para-hydroxylation sites is 5. The molecule has 4 heteroatoms. The van der Waals surface area contributed by atoms with Gasteiger partial charge >= 0.3 is 0 Å². The minimum atomic E-state index is -3.06. The van der Waals surface area contributed by atoms with E-state index < -0.39 is 8.07 Å². The highest BCUT2D eigenvalue weighted by molar-refractivity contribution is 7.20. The van der Waals surface area contributed by atoms with E-state index in [4.69, 9.17) is 0 Å². The van der Waals surface area contributed by atoms with Gasteiger partial charge in [0.15, 0.2) is 8.07 Å². The van der Waals surface area contributed by atoms with Gasteiger partial charge in [-0.1, -0.05) is 194 Å². The molecular formula is C60H41N3Si. The first kappa shape index (κ1) is 36.5. The number of nitrogens with zero attached hydrogens (tertiary/aromatic N) is 3. The van der Waals surface area contributed by atoms with Crippen molar-refractivity contribution >= 4 is 94.2 Å². The van der Waals surface area contributed by atoms with E-state index in [1.165, 1.54) is 91.9 Å². The van der Waals surface area contributed by atoms with Crippen LogP contribution in [0.2, 0.25) is 0 Å². The summed E-state index contributed by atoms with van der Waals surface area (Å²) >= 11 is 0. The molecular weight excluding hydrogens is 791 g/mol. The lowest BCUT2D eigenvalue weighted by atomic mass is 10.1. The average Bonchev–Trinajstić information content (AvgIpc) is 4.02. The molecule has 13 aromatic rings. The van der Waals surface area contributed by atoms with Gasteiger partial charge in [0.2, 0.25) is 0 Å². The van der Waals surface area contributed by atoms with Gasteiger partial charge in [0, 0.05) is 38.0 Å². The van der Waals surface area contributed by atoms with Crippen LogP contribution in [-0.2, 0) is 0 Å². The zero-order valence-corrected chi connectivity index (χ0v) is 36.0. The van der Waals surface area contributed by atoms with Crippen molar-refractivity contribution in [1.82, 2.24) is 13.7 Å².